The van der Waals surface area contributed by atoms with Crippen LogP contribution in [0, 0.1) is 5.92 Å². The average molecular weight is 379 g/mol. The Balaban J connectivity index is 1.64. The zero-order valence-corrected chi connectivity index (χ0v) is 16.0. The molecule has 3 rings (SSSR count). The molecule has 2 heterocycles. The van der Waals surface area contributed by atoms with Crippen LogP contribution in [0.15, 0.2) is 24.3 Å². The van der Waals surface area contributed by atoms with Gasteiger partial charge in [0, 0.05) is 25.2 Å². The quantitative estimate of drug-likeness (QED) is 0.820. The summed E-state index contributed by atoms with van der Waals surface area (Å²) in [4.78, 5) is 16.1. The predicted molar refractivity (Wildman–Crippen MR) is 99.2 cm³/mol. The molecule has 8 heteroatoms. The van der Waals surface area contributed by atoms with Gasteiger partial charge in [0.15, 0.2) is 0 Å². The second kappa shape index (κ2) is 7.75. The van der Waals surface area contributed by atoms with Crippen LogP contribution < -0.4 is 10.1 Å². The molecule has 0 atom stereocenters. The second-order valence-corrected chi connectivity index (χ2v) is 9.19. The highest BCUT2D eigenvalue weighted by molar-refractivity contribution is 7.89. The van der Waals surface area contributed by atoms with Gasteiger partial charge in [0.25, 0.3) is 0 Å². The Labute approximate surface area is 154 Å². The molecule has 0 unspecified atom stereocenters. The van der Waals surface area contributed by atoms with Crippen LogP contribution in [0.4, 0.5) is 4.79 Å². The van der Waals surface area contributed by atoms with Crippen molar-refractivity contribution in [3.63, 3.8) is 0 Å². The predicted octanol–water partition coefficient (Wildman–Crippen LogP) is 2.41. The van der Waals surface area contributed by atoms with Crippen LogP contribution >= 0.6 is 0 Å². The fourth-order valence-electron chi connectivity index (χ4n) is 2.83. The lowest BCUT2D eigenvalue weighted by molar-refractivity contribution is 0.198. The highest BCUT2D eigenvalue weighted by Crippen LogP contribution is 2.25. The van der Waals surface area contributed by atoms with E-state index in [0.29, 0.717) is 25.2 Å². The molecule has 0 radical (unpaired) electrons. The minimum Gasteiger partial charge on any atom is -0.391 e. The zero-order chi connectivity index (χ0) is 18.7. The molecule has 2 aliphatic rings. The van der Waals surface area contributed by atoms with Gasteiger partial charge in [-0.05, 0) is 36.8 Å². The van der Waals surface area contributed by atoms with Crippen molar-refractivity contribution in [3.8, 4) is 5.88 Å². The topological polar surface area (TPSA) is 88.6 Å². The monoisotopic (exact) mass is 379 g/mol. The third-order valence-corrected chi connectivity index (χ3v) is 6.46. The van der Waals surface area contributed by atoms with Crippen molar-refractivity contribution in [2.45, 2.75) is 39.2 Å². The van der Waals surface area contributed by atoms with Crippen molar-refractivity contribution in [2.75, 3.05) is 18.8 Å². The number of hydrogen-bond acceptors (Lipinski definition) is 5. The average Bonchev–Trinajstić information content (AvgIpc) is 3.38. The van der Waals surface area contributed by atoms with Crippen molar-refractivity contribution >= 4 is 21.7 Å². The number of sulfonamides is 1. The molecule has 1 aromatic rings. The number of rotatable bonds is 6. The van der Waals surface area contributed by atoms with Crippen LogP contribution in [0.3, 0.4) is 0 Å². The van der Waals surface area contributed by atoms with Crippen molar-refractivity contribution in [1.82, 2.24) is 14.6 Å². The molecule has 0 spiro atoms. The third-order valence-electron chi connectivity index (χ3n) is 4.26. The van der Waals surface area contributed by atoms with E-state index in [1.54, 1.807) is 12.1 Å². The molecule has 1 aromatic heterocycles. The number of pyridine rings is 1. The van der Waals surface area contributed by atoms with Crippen LogP contribution in [-0.4, -0.2) is 48.7 Å². The van der Waals surface area contributed by atoms with Crippen LogP contribution in [0.1, 0.15) is 38.8 Å². The number of nitrogens with zero attached hydrogens (tertiary/aromatic N) is 2. The van der Waals surface area contributed by atoms with E-state index in [9.17, 15) is 13.2 Å². The number of carbonyl (C=O) groups is 1. The molecule has 0 saturated heterocycles. The maximum Gasteiger partial charge on any atom is 0.414 e. The minimum absolute atomic E-state index is 0.0997. The first kappa shape index (κ1) is 18.8. The summed E-state index contributed by atoms with van der Waals surface area (Å²) in [6.45, 7) is 4.59. The molecule has 26 heavy (non-hydrogen) atoms. The van der Waals surface area contributed by atoms with Crippen LogP contribution in [0.5, 0.6) is 5.88 Å². The summed E-state index contributed by atoms with van der Waals surface area (Å²) < 4.78 is 31.4. The lowest BCUT2D eigenvalue weighted by Crippen LogP contribution is -2.37. The van der Waals surface area contributed by atoms with Gasteiger partial charge in [-0.25, -0.2) is 18.2 Å². The van der Waals surface area contributed by atoms with E-state index in [1.807, 2.05) is 26.0 Å². The molecule has 1 N–H and O–H groups in total. The van der Waals surface area contributed by atoms with Crippen molar-refractivity contribution in [3.05, 3.63) is 30.0 Å². The lowest BCUT2D eigenvalue weighted by Gasteiger charge is -2.26. The smallest absolute Gasteiger partial charge is 0.391 e. The van der Waals surface area contributed by atoms with Gasteiger partial charge in [-0.15, -0.1) is 0 Å². The van der Waals surface area contributed by atoms with Gasteiger partial charge in [-0.2, -0.15) is 4.31 Å². The third kappa shape index (κ3) is 5.04. The highest BCUT2D eigenvalue weighted by atomic mass is 32.2. The number of nitrogens with one attached hydrogen (secondary N) is 1. The van der Waals surface area contributed by atoms with E-state index in [4.69, 9.17) is 4.74 Å². The molecule has 0 bridgehead atoms. The Bertz CT molecular complexity index is 800. The summed E-state index contributed by atoms with van der Waals surface area (Å²) >= 11 is 0. The fraction of sp³-hybridized carbons (Fsp3) is 0.556. The molecule has 1 aliphatic heterocycles. The first-order valence-electron chi connectivity index (χ1n) is 8.96. The Hall–Kier alpha value is -1.93. The summed E-state index contributed by atoms with van der Waals surface area (Å²) in [5.41, 5.74) is 1.68. The first-order chi connectivity index (χ1) is 12.3. The Morgan fingerprint density at radius 2 is 2.15 bits per heavy atom. The zero-order valence-electron chi connectivity index (χ0n) is 15.1. The van der Waals surface area contributed by atoms with Crippen LogP contribution in [0.25, 0.3) is 5.57 Å². The van der Waals surface area contributed by atoms with Gasteiger partial charge in [0.05, 0.1) is 11.4 Å². The number of ether oxygens (including phenoxy) is 1. The van der Waals surface area contributed by atoms with Crippen molar-refractivity contribution in [2.24, 2.45) is 5.92 Å². The van der Waals surface area contributed by atoms with Crippen molar-refractivity contribution < 1.29 is 17.9 Å². The van der Waals surface area contributed by atoms with Crippen LogP contribution in [0.2, 0.25) is 0 Å². The molecule has 1 fully saturated rings. The molecular weight excluding hydrogens is 354 g/mol. The van der Waals surface area contributed by atoms with Gasteiger partial charge in [0.2, 0.25) is 15.9 Å². The summed E-state index contributed by atoms with van der Waals surface area (Å²) in [6, 6.07) is 5.49. The fourth-order valence-corrected chi connectivity index (χ4v) is 4.56. The van der Waals surface area contributed by atoms with E-state index >= 15 is 0 Å². The van der Waals surface area contributed by atoms with Gasteiger partial charge in [-0.3, -0.25) is 0 Å². The molecule has 142 valence electrons. The summed E-state index contributed by atoms with van der Waals surface area (Å²) in [5, 5.41) is 2.75. The van der Waals surface area contributed by atoms with Gasteiger partial charge in [-0.1, -0.05) is 26.0 Å². The van der Waals surface area contributed by atoms with Gasteiger partial charge in [0.1, 0.15) is 0 Å². The normalized spacial score (nSPS) is 18.5. The Kier molecular flexibility index (Phi) is 5.62. The second-order valence-electron chi connectivity index (χ2n) is 7.18. The number of amides is 1. The van der Waals surface area contributed by atoms with Crippen molar-refractivity contribution in [1.29, 1.82) is 0 Å². The number of aromatic nitrogens is 1. The summed E-state index contributed by atoms with van der Waals surface area (Å²) in [5.74, 6) is 0.507. The Morgan fingerprint density at radius 3 is 2.77 bits per heavy atom. The van der Waals surface area contributed by atoms with Crippen LogP contribution in [-0.2, 0) is 10.0 Å². The number of hydrogen-bond donors (Lipinski definition) is 1. The van der Waals surface area contributed by atoms with Gasteiger partial charge < -0.3 is 10.1 Å². The van der Waals surface area contributed by atoms with E-state index in [2.05, 4.69) is 10.3 Å². The molecule has 0 aromatic carbocycles. The highest BCUT2D eigenvalue weighted by Gasteiger charge is 2.26. The van der Waals surface area contributed by atoms with E-state index in [0.717, 1.165) is 18.4 Å². The number of carbonyl (C=O) groups excluding carboxylic acids is 1. The SMILES string of the molecule is CC(C)CS(=O)(=O)N1CC=C(c2cccc(OC(=O)NC3CC3)n2)CC1. The van der Waals surface area contributed by atoms with E-state index < -0.39 is 16.1 Å². The van der Waals surface area contributed by atoms with E-state index in [1.165, 1.54) is 4.31 Å². The Morgan fingerprint density at radius 1 is 1.38 bits per heavy atom. The maximum absolute atomic E-state index is 12.3. The van der Waals surface area contributed by atoms with Gasteiger partial charge >= 0.3 is 6.09 Å². The lowest BCUT2D eigenvalue weighted by atomic mass is 10.1. The minimum atomic E-state index is -3.23. The summed E-state index contributed by atoms with van der Waals surface area (Å²) in [6.07, 6.45) is 3.97. The largest absolute Gasteiger partial charge is 0.414 e. The molecule has 1 saturated carbocycles. The molecular formula is C18H25N3O4S. The first-order valence-corrected chi connectivity index (χ1v) is 10.6. The standard InChI is InChI=1S/C18H25N3O4S/c1-13(2)12-26(23,24)21-10-8-14(9-11-21)16-4-3-5-17(20-16)25-18(22)19-15-6-7-15/h3-5,8,13,15H,6-7,9-12H2,1-2H3,(H,19,22). The van der Waals surface area contributed by atoms with E-state index in [-0.39, 0.29) is 23.6 Å². The molecule has 7 nitrogen and oxygen atoms in total. The molecule has 1 amide bonds. The maximum atomic E-state index is 12.3. The summed E-state index contributed by atoms with van der Waals surface area (Å²) in [7, 11) is -3.23. The molecule has 1 aliphatic carbocycles.